The minimum absolute atomic E-state index is 0.251. The van der Waals surface area contributed by atoms with Crippen molar-refractivity contribution in [2.24, 2.45) is 10.9 Å². The molecule has 2 heterocycles. The van der Waals surface area contributed by atoms with E-state index >= 15 is 0 Å². The van der Waals surface area contributed by atoms with Crippen LogP contribution >= 0.6 is 0 Å². The monoisotopic (exact) mass is 344 g/mol. The third kappa shape index (κ3) is 3.43. The molecule has 0 bridgehead atoms. The van der Waals surface area contributed by atoms with Gasteiger partial charge in [-0.1, -0.05) is 23.4 Å². The molecule has 1 aliphatic carbocycles. The van der Waals surface area contributed by atoms with Crippen LogP contribution in [0.5, 0.6) is 0 Å². The highest BCUT2D eigenvalue weighted by Gasteiger charge is 2.39. The first-order chi connectivity index (χ1) is 11.6. The molecule has 2 aliphatic rings. The molecule has 1 aliphatic heterocycles. The first-order valence-electron chi connectivity index (χ1n) is 8.84. The van der Waals surface area contributed by atoms with E-state index in [1.54, 1.807) is 0 Å². The lowest BCUT2D eigenvalue weighted by Gasteiger charge is -2.36. The lowest BCUT2D eigenvalue weighted by Crippen LogP contribution is -2.38. The van der Waals surface area contributed by atoms with Gasteiger partial charge in [-0.3, -0.25) is 0 Å². The predicted molar refractivity (Wildman–Crippen MR) is 97.8 cm³/mol. The largest absolute Gasteiger partial charge is 0.475 e. The lowest BCUT2D eigenvalue weighted by molar-refractivity contribution is 0.0433. The molecule has 25 heavy (non-hydrogen) atoms. The molecule has 0 radical (unpaired) electrons. The maximum atomic E-state index is 11.3. The fraction of sp³-hybridized carbons (Fsp3) is 0.600. The van der Waals surface area contributed by atoms with Gasteiger partial charge in [-0.05, 0) is 59.0 Å². The molecule has 0 spiro atoms. The Morgan fingerprint density at radius 2 is 2.12 bits per heavy atom. The third-order valence-corrected chi connectivity index (χ3v) is 5.29. The Balaban J connectivity index is 1.93. The summed E-state index contributed by atoms with van der Waals surface area (Å²) in [5.74, 6) is 1.47. The van der Waals surface area contributed by atoms with Crippen LogP contribution in [-0.2, 0) is 11.2 Å². The zero-order valence-corrected chi connectivity index (χ0v) is 15.8. The minimum Gasteiger partial charge on any atom is -0.475 e. The van der Waals surface area contributed by atoms with E-state index in [0.717, 1.165) is 28.8 Å². The summed E-state index contributed by atoms with van der Waals surface area (Å²) in [7, 11) is 0. The fourth-order valence-electron chi connectivity index (χ4n) is 3.54. The summed E-state index contributed by atoms with van der Waals surface area (Å²) in [5, 5.41) is 15.4. The quantitative estimate of drug-likeness (QED) is 0.845. The molecule has 1 aromatic rings. The fourth-order valence-corrected chi connectivity index (χ4v) is 3.54. The summed E-state index contributed by atoms with van der Waals surface area (Å²) in [6, 6.07) is 0. The first kappa shape index (κ1) is 17.9. The molecule has 0 saturated heterocycles. The van der Waals surface area contributed by atoms with Crippen LogP contribution in [0.4, 0.5) is 0 Å². The highest BCUT2D eigenvalue weighted by Crippen LogP contribution is 2.39. The number of ether oxygens (including phenoxy) is 1. The molecule has 1 N–H and O–H groups in total. The van der Waals surface area contributed by atoms with Gasteiger partial charge in [-0.2, -0.15) is 0 Å². The number of hydrogen-bond donors (Lipinski definition) is 1. The average molecular weight is 344 g/mol. The van der Waals surface area contributed by atoms with Gasteiger partial charge in [0.2, 0.25) is 5.90 Å². The second-order valence-electron chi connectivity index (χ2n) is 8.16. The molecule has 1 aromatic heterocycles. The third-order valence-electron chi connectivity index (χ3n) is 5.29. The van der Waals surface area contributed by atoms with Crippen LogP contribution in [0.2, 0.25) is 0 Å². The Hall–Kier alpha value is -1.88. The Morgan fingerprint density at radius 3 is 2.72 bits per heavy atom. The van der Waals surface area contributed by atoms with Gasteiger partial charge in [0.25, 0.3) is 0 Å². The van der Waals surface area contributed by atoms with E-state index in [4.69, 9.17) is 9.26 Å². The van der Waals surface area contributed by atoms with E-state index < -0.39 is 5.60 Å². The maximum Gasteiger partial charge on any atom is 0.222 e. The van der Waals surface area contributed by atoms with E-state index in [2.05, 4.69) is 22.8 Å². The minimum atomic E-state index is -0.961. The van der Waals surface area contributed by atoms with Crippen LogP contribution in [0, 0.1) is 12.8 Å². The first-order valence-corrected chi connectivity index (χ1v) is 8.84. The summed E-state index contributed by atoms with van der Waals surface area (Å²) in [4.78, 5) is 4.65. The number of allylic oxidation sites excluding steroid dienone is 2. The zero-order chi connectivity index (χ0) is 18.4. The molecule has 5 heteroatoms. The average Bonchev–Trinajstić information content (AvgIpc) is 3.04. The second-order valence-corrected chi connectivity index (χ2v) is 8.16. The van der Waals surface area contributed by atoms with Crippen molar-refractivity contribution >= 4 is 5.90 Å². The van der Waals surface area contributed by atoms with Crippen molar-refractivity contribution in [2.45, 2.75) is 65.0 Å². The number of hydrogen-bond acceptors (Lipinski definition) is 5. The SMILES string of the molecule is C=C(C)C1CC=C(C)C(O)(Cc2onc(C)c2C2=NC(C)(C)CO2)C1. The Bertz CT molecular complexity index is 757. The number of rotatable bonds is 4. The lowest BCUT2D eigenvalue weighted by atomic mass is 9.73. The normalized spacial score (nSPS) is 28.3. The molecular formula is C20H28N2O3. The molecule has 136 valence electrons. The van der Waals surface area contributed by atoms with Crippen molar-refractivity contribution in [2.75, 3.05) is 6.61 Å². The van der Waals surface area contributed by atoms with E-state index in [1.807, 2.05) is 34.6 Å². The van der Waals surface area contributed by atoms with Crippen molar-refractivity contribution in [3.05, 3.63) is 40.8 Å². The van der Waals surface area contributed by atoms with Crippen LogP contribution < -0.4 is 0 Å². The van der Waals surface area contributed by atoms with Crippen molar-refractivity contribution in [3.63, 3.8) is 0 Å². The number of aliphatic hydroxyl groups is 1. The van der Waals surface area contributed by atoms with Crippen LogP contribution in [0.25, 0.3) is 0 Å². The summed E-state index contributed by atoms with van der Waals surface area (Å²) in [6.45, 7) is 14.5. The van der Waals surface area contributed by atoms with E-state index in [-0.39, 0.29) is 11.5 Å². The maximum absolute atomic E-state index is 11.3. The molecule has 0 amide bonds. The molecule has 0 aromatic carbocycles. The molecular weight excluding hydrogens is 316 g/mol. The smallest absolute Gasteiger partial charge is 0.222 e. The van der Waals surface area contributed by atoms with Crippen molar-refractivity contribution in [1.82, 2.24) is 5.16 Å². The van der Waals surface area contributed by atoms with Gasteiger partial charge >= 0.3 is 0 Å². The van der Waals surface area contributed by atoms with Crippen molar-refractivity contribution in [3.8, 4) is 0 Å². The van der Waals surface area contributed by atoms with Gasteiger partial charge in [-0.15, -0.1) is 0 Å². The van der Waals surface area contributed by atoms with Crippen LogP contribution in [0.3, 0.4) is 0 Å². The topological polar surface area (TPSA) is 67.9 Å². The van der Waals surface area contributed by atoms with Gasteiger partial charge in [0.1, 0.15) is 12.2 Å². The van der Waals surface area contributed by atoms with Crippen molar-refractivity contribution in [1.29, 1.82) is 0 Å². The van der Waals surface area contributed by atoms with Gasteiger partial charge in [0.15, 0.2) is 5.76 Å². The molecule has 2 atom stereocenters. The summed E-state index contributed by atoms with van der Waals surface area (Å²) >= 11 is 0. The van der Waals surface area contributed by atoms with Crippen LogP contribution in [0.1, 0.15) is 57.6 Å². The van der Waals surface area contributed by atoms with Gasteiger partial charge in [0.05, 0.1) is 16.8 Å². The van der Waals surface area contributed by atoms with Gasteiger partial charge < -0.3 is 14.4 Å². The van der Waals surface area contributed by atoms with Crippen LogP contribution in [0.15, 0.2) is 33.3 Å². The number of nitrogens with zero attached hydrogens (tertiary/aromatic N) is 2. The molecule has 3 rings (SSSR count). The highest BCUT2D eigenvalue weighted by molar-refractivity contribution is 5.97. The highest BCUT2D eigenvalue weighted by atomic mass is 16.5. The van der Waals surface area contributed by atoms with Gasteiger partial charge in [0, 0.05) is 6.42 Å². The Labute approximate surface area is 149 Å². The summed E-state index contributed by atoms with van der Waals surface area (Å²) in [6.07, 6.45) is 4.04. The number of aryl methyl sites for hydroxylation is 1. The molecule has 0 fully saturated rings. The van der Waals surface area contributed by atoms with E-state index in [9.17, 15) is 5.11 Å². The predicted octanol–water partition coefficient (Wildman–Crippen LogP) is 3.74. The van der Waals surface area contributed by atoms with Crippen LogP contribution in [-0.4, -0.2) is 33.9 Å². The van der Waals surface area contributed by atoms with E-state index in [0.29, 0.717) is 31.1 Å². The van der Waals surface area contributed by atoms with Crippen molar-refractivity contribution < 1.29 is 14.4 Å². The number of aliphatic imine (C=N–C) groups is 1. The Kier molecular flexibility index (Phi) is 4.40. The Morgan fingerprint density at radius 1 is 1.40 bits per heavy atom. The summed E-state index contributed by atoms with van der Waals surface area (Å²) < 4.78 is 11.3. The second kappa shape index (κ2) is 6.13. The standard InChI is InChI=1S/C20H28N2O3/c1-12(2)15-8-7-13(3)20(23,9-15)10-16-17(14(4)22-25-16)18-21-19(5,6)11-24-18/h7,15,23H,1,8-11H2,2-6H3. The molecule has 5 nitrogen and oxygen atoms in total. The van der Waals surface area contributed by atoms with E-state index in [1.165, 1.54) is 0 Å². The van der Waals surface area contributed by atoms with Gasteiger partial charge in [-0.25, -0.2) is 4.99 Å². The zero-order valence-electron chi connectivity index (χ0n) is 15.8. The summed E-state index contributed by atoms with van der Waals surface area (Å²) in [5.41, 5.74) is 2.38. The molecule has 2 unspecified atom stereocenters. The molecule has 0 saturated carbocycles. The number of aromatic nitrogens is 1.